The maximum atomic E-state index is 11.9. The van der Waals surface area contributed by atoms with Crippen LogP contribution in [0.15, 0.2) is 62.5 Å². The third-order valence-electron chi connectivity index (χ3n) is 4.15. The van der Waals surface area contributed by atoms with Crippen LogP contribution in [0.5, 0.6) is 0 Å². The van der Waals surface area contributed by atoms with Crippen LogP contribution in [0.1, 0.15) is 27.2 Å². The molecule has 0 atom stereocenters. The first-order valence-electron chi connectivity index (χ1n) is 8.64. The Morgan fingerprint density at radius 1 is 1.07 bits per heavy atom. The van der Waals surface area contributed by atoms with E-state index < -0.39 is 12.0 Å². The minimum Gasteiger partial charge on any atom is -0.478 e. The molecule has 29 heavy (non-hydrogen) atoms. The van der Waals surface area contributed by atoms with Crippen LogP contribution in [-0.2, 0) is 0 Å². The number of nitrogens with zero attached hydrogens (tertiary/aromatic N) is 1. The van der Waals surface area contributed by atoms with Gasteiger partial charge >= 0.3 is 12.0 Å². The largest absolute Gasteiger partial charge is 0.478 e. The number of carbonyl (C=O) groups is 2. The van der Waals surface area contributed by atoms with Gasteiger partial charge in [-0.25, -0.2) is 15.0 Å². The van der Waals surface area contributed by atoms with E-state index in [-0.39, 0.29) is 5.56 Å². The van der Waals surface area contributed by atoms with E-state index in [1.807, 2.05) is 19.1 Å². The van der Waals surface area contributed by atoms with Crippen molar-refractivity contribution in [3.8, 4) is 11.3 Å². The van der Waals surface area contributed by atoms with E-state index in [0.717, 1.165) is 10.0 Å². The zero-order valence-corrected chi connectivity index (χ0v) is 17.3. The standard InChI is InChI=1S/C21H18BrN3O4/c1-12-3-4-14(10-17(12)20(26)27)19-8-6-16(29-19)11-23-25-21(28)24-15-5-7-18(22)13(2)9-15/h3-11H,1-2H3,(H,26,27)(H2,24,25,28)/b23-11+. The average molecular weight is 456 g/mol. The van der Waals surface area contributed by atoms with Gasteiger partial charge in [0.15, 0.2) is 0 Å². The van der Waals surface area contributed by atoms with Crippen molar-refractivity contribution in [2.75, 3.05) is 5.32 Å². The quantitative estimate of drug-likeness (QED) is 0.364. The third-order valence-corrected chi connectivity index (χ3v) is 5.04. The van der Waals surface area contributed by atoms with Crippen molar-refractivity contribution >= 4 is 39.8 Å². The number of urea groups is 1. The smallest absolute Gasteiger partial charge is 0.339 e. The molecule has 0 saturated carbocycles. The van der Waals surface area contributed by atoms with Gasteiger partial charge in [-0.2, -0.15) is 5.10 Å². The predicted octanol–water partition coefficient (Wildman–Crippen LogP) is 5.18. The van der Waals surface area contributed by atoms with Crippen molar-refractivity contribution in [1.82, 2.24) is 5.43 Å². The zero-order valence-electron chi connectivity index (χ0n) is 15.7. The Kier molecular flexibility index (Phi) is 6.13. The maximum absolute atomic E-state index is 11.9. The lowest BCUT2D eigenvalue weighted by Crippen LogP contribution is -2.24. The topological polar surface area (TPSA) is 104 Å². The lowest BCUT2D eigenvalue weighted by Gasteiger charge is -2.06. The highest BCUT2D eigenvalue weighted by molar-refractivity contribution is 9.10. The Morgan fingerprint density at radius 3 is 2.59 bits per heavy atom. The van der Waals surface area contributed by atoms with Crippen molar-refractivity contribution in [2.24, 2.45) is 5.10 Å². The number of rotatable bonds is 5. The lowest BCUT2D eigenvalue weighted by atomic mass is 10.0. The zero-order chi connectivity index (χ0) is 21.0. The van der Waals surface area contributed by atoms with Crippen molar-refractivity contribution in [1.29, 1.82) is 0 Å². The van der Waals surface area contributed by atoms with Crippen molar-refractivity contribution < 1.29 is 19.1 Å². The Morgan fingerprint density at radius 2 is 1.86 bits per heavy atom. The molecule has 0 saturated heterocycles. The van der Waals surface area contributed by atoms with Gasteiger partial charge in [-0.15, -0.1) is 0 Å². The van der Waals surface area contributed by atoms with E-state index in [0.29, 0.717) is 28.3 Å². The van der Waals surface area contributed by atoms with Crippen molar-refractivity contribution in [3.05, 3.63) is 75.5 Å². The Labute approximate surface area is 175 Å². The molecule has 0 aliphatic heterocycles. The summed E-state index contributed by atoms with van der Waals surface area (Å²) in [4.78, 5) is 23.2. The minimum atomic E-state index is -0.992. The second-order valence-corrected chi connectivity index (χ2v) is 7.18. The average Bonchev–Trinajstić information content (AvgIpc) is 3.14. The van der Waals surface area contributed by atoms with E-state index in [1.165, 1.54) is 6.21 Å². The van der Waals surface area contributed by atoms with E-state index in [2.05, 4.69) is 31.8 Å². The van der Waals surface area contributed by atoms with Crippen molar-refractivity contribution in [3.63, 3.8) is 0 Å². The number of hydrazone groups is 1. The molecule has 3 N–H and O–H groups in total. The summed E-state index contributed by atoms with van der Waals surface area (Å²) >= 11 is 3.41. The summed E-state index contributed by atoms with van der Waals surface area (Å²) in [5.41, 5.74) is 5.54. The van der Waals surface area contributed by atoms with Crippen LogP contribution < -0.4 is 10.7 Å². The number of carboxylic acids is 1. The first kappa shape index (κ1) is 20.3. The molecule has 3 rings (SSSR count). The van der Waals surface area contributed by atoms with Gasteiger partial charge in [0.25, 0.3) is 0 Å². The number of aryl methyl sites for hydroxylation is 2. The summed E-state index contributed by atoms with van der Waals surface area (Å²) in [6.45, 7) is 3.66. The van der Waals surface area contributed by atoms with Crippen LogP contribution in [-0.4, -0.2) is 23.3 Å². The Bertz CT molecular complexity index is 1110. The van der Waals surface area contributed by atoms with Gasteiger partial charge in [0, 0.05) is 15.7 Å². The second-order valence-electron chi connectivity index (χ2n) is 6.32. The molecule has 0 unspecified atom stereocenters. The highest BCUT2D eigenvalue weighted by atomic mass is 79.9. The molecule has 1 aromatic heterocycles. The van der Waals surface area contributed by atoms with E-state index >= 15 is 0 Å². The number of amides is 2. The fourth-order valence-corrected chi connectivity index (χ4v) is 2.87. The van der Waals surface area contributed by atoms with Gasteiger partial charge < -0.3 is 14.8 Å². The van der Waals surface area contributed by atoms with Gasteiger partial charge in [0.05, 0.1) is 11.8 Å². The summed E-state index contributed by atoms with van der Waals surface area (Å²) < 4.78 is 6.61. The molecule has 0 radical (unpaired) electrons. The minimum absolute atomic E-state index is 0.218. The summed E-state index contributed by atoms with van der Waals surface area (Å²) in [7, 11) is 0. The number of aromatic carboxylic acids is 1. The molecule has 8 heteroatoms. The predicted molar refractivity (Wildman–Crippen MR) is 114 cm³/mol. The molecule has 1 heterocycles. The SMILES string of the molecule is Cc1cc(NC(=O)N/N=C/c2ccc(-c3ccc(C)c(C(=O)O)c3)o2)ccc1Br. The van der Waals surface area contributed by atoms with Crippen LogP contribution >= 0.6 is 15.9 Å². The third kappa shape index (κ3) is 5.11. The van der Waals surface area contributed by atoms with Crippen molar-refractivity contribution in [2.45, 2.75) is 13.8 Å². The van der Waals surface area contributed by atoms with Gasteiger partial charge in [-0.1, -0.05) is 28.1 Å². The summed E-state index contributed by atoms with van der Waals surface area (Å²) in [5.74, 6) is -0.0742. The van der Waals surface area contributed by atoms with E-state index in [4.69, 9.17) is 4.42 Å². The molecule has 0 spiro atoms. The Hall–Kier alpha value is -3.39. The summed E-state index contributed by atoms with van der Waals surface area (Å²) in [6.07, 6.45) is 1.36. The van der Waals surface area contributed by atoms with Gasteiger partial charge in [-0.3, -0.25) is 0 Å². The number of carboxylic acid groups (broad SMARTS) is 1. The first-order valence-corrected chi connectivity index (χ1v) is 9.43. The molecular formula is C21H18BrN3O4. The lowest BCUT2D eigenvalue weighted by molar-refractivity contribution is 0.0696. The monoisotopic (exact) mass is 455 g/mol. The van der Waals surface area contributed by atoms with Crippen LogP contribution in [0.25, 0.3) is 11.3 Å². The highest BCUT2D eigenvalue weighted by Crippen LogP contribution is 2.24. The molecule has 0 fully saturated rings. The number of hydrogen-bond donors (Lipinski definition) is 3. The number of halogens is 1. The summed E-state index contributed by atoms with van der Waals surface area (Å²) in [5, 5.41) is 15.8. The van der Waals surface area contributed by atoms with Gasteiger partial charge in [0.1, 0.15) is 11.5 Å². The fraction of sp³-hybridized carbons (Fsp3) is 0.0952. The number of carbonyl (C=O) groups excluding carboxylic acids is 1. The number of benzene rings is 2. The van der Waals surface area contributed by atoms with Gasteiger partial charge in [-0.05, 0) is 61.4 Å². The fourth-order valence-electron chi connectivity index (χ4n) is 2.62. The van der Waals surface area contributed by atoms with Gasteiger partial charge in [0.2, 0.25) is 0 Å². The Balaban J connectivity index is 1.63. The number of hydrogen-bond acceptors (Lipinski definition) is 4. The highest BCUT2D eigenvalue weighted by Gasteiger charge is 2.11. The van der Waals surface area contributed by atoms with Crippen LogP contribution in [0, 0.1) is 13.8 Å². The number of anilines is 1. The second kappa shape index (κ2) is 8.74. The maximum Gasteiger partial charge on any atom is 0.339 e. The number of furan rings is 1. The van der Waals surface area contributed by atoms with E-state index in [9.17, 15) is 14.7 Å². The summed E-state index contributed by atoms with van der Waals surface area (Å²) in [6, 6.07) is 13.4. The molecule has 148 valence electrons. The van der Waals surface area contributed by atoms with Crippen LogP contribution in [0.4, 0.5) is 10.5 Å². The van der Waals surface area contributed by atoms with Crippen LogP contribution in [0.2, 0.25) is 0 Å². The molecule has 0 aliphatic carbocycles. The van der Waals surface area contributed by atoms with Crippen LogP contribution in [0.3, 0.4) is 0 Å². The molecule has 2 aromatic carbocycles. The first-order chi connectivity index (χ1) is 13.8. The molecule has 3 aromatic rings. The molecular weight excluding hydrogens is 438 g/mol. The normalized spacial score (nSPS) is 10.9. The number of nitrogens with one attached hydrogen (secondary N) is 2. The molecule has 0 bridgehead atoms. The molecule has 7 nitrogen and oxygen atoms in total. The van der Waals surface area contributed by atoms with E-state index in [1.54, 1.807) is 43.3 Å². The molecule has 0 aliphatic rings. The molecule has 2 amide bonds.